The summed E-state index contributed by atoms with van der Waals surface area (Å²) in [5.74, 6) is -0.623. The van der Waals surface area contributed by atoms with Crippen LogP contribution in [-0.2, 0) is 9.53 Å². The van der Waals surface area contributed by atoms with Crippen LogP contribution in [0.2, 0.25) is 5.02 Å². The number of imide groups is 1. The summed E-state index contributed by atoms with van der Waals surface area (Å²) < 4.78 is 10.4. The second-order valence-corrected chi connectivity index (χ2v) is 7.77. The van der Waals surface area contributed by atoms with E-state index in [0.29, 0.717) is 16.5 Å². The minimum absolute atomic E-state index is 0.0501. The fraction of sp³-hybridized carbons (Fsp3) is 0.238. The molecule has 2 heterocycles. The number of ether oxygens (including phenoxy) is 2. The zero-order chi connectivity index (χ0) is 22.2. The van der Waals surface area contributed by atoms with Crippen molar-refractivity contribution in [2.45, 2.75) is 0 Å². The van der Waals surface area contributed by atoms with Gasteiger partial charge in [0.1, 0.15) is 12.2 Å². The molecule has 0 atom stereocenters. The van der Waals surface area contributed by atoms with Crippen molar-refractivity contribution in [3.63, 3.8) is 0 Å². The molecule has 1 N–H and O–H groups in total. The molecule has 31 heavy (non-hydrogen) atoms. The predicted molar refractivity (Wildman–Crippen MR) is 118 cm³/mol. The van der Waals surface area contributed by atoms with Crippen molar-refractivity contribution in [1.82, 2.24) is 15.2 Å². The number of benzene rings is 1. The van der Waals surface area contributed by atoms with Crippen LogP contribution in [0.15, 0.2) is 47.5 Å². The second kappa shape index (κ2) is 10.9. The first-order chi connectivity index (χ1) is 15.0. The zero-order valence-corrected chi connectivity index (χ0v) is 18.2. The Labute approximate surface area is 188 Å². The molecule has 8 nitrogen and oxygen atoms in total. The molecule has 0 unspecified atom stereocenters. The third-order valence-electron chi connectivity index (χ3n) is 4.20. The van der Waals surface area contributed by atoms with E-state index in [4.69, 9.17) is 21.1 Å². The molecular weight excluding hydrogens is 442 g/mol. The van der Waals surface area contributed by atoms with Crippen LogP contribution in [0.25, 0.3) is 6.08 Å². The quantitative estimate of drug-likeness (QED) is 0.452. The lowest BCUT2D eigenvalue weighted by atomic mass is 10.2. The molecule has 1 aromatic carbocycles. The van der Waals surface area contributed by atoms with E-state index in [1.165, 1.54) is 6.20 Å². The van der Waals surface area contributed by atoms with Crippen LogP contribution in [0.1, 0.15) is 15.9 Å². The van der Waals surface area contributed by atoms with Crippen LogP contribution in [-0.4, -0.2) is 60.4 Å². The van der Waals surface area contributed by atoms with E-state index in [-0.39, 0.29) is 36.4 Å². The third kappa shape index (κ3) is 6.06. The van der Waals surface area contributed by atoms with E-state index < -0.39 is 11.8 Å². The van der Waals surface area contributed by atoms with Gasteiger partial charge < -0.3 is 14.8 Å². The molecule has 0 radical (unpaired) electrons. The van der Waals surface area contributed by atoms with E-state index in [2.05, 4.69) is 10.3 Å². The number of nitrogens with zero attached hydrogens (tertiary/aromatic N) is 2. The van der Waals surface area contributed by atoms with Crippen molar-refractivity contribution in [2.24, 2.45) is 0 Å². The summed E-state index contributed by atoms with van der Waals surface area (Å²) in [6.07, 6.45) is 3.16. The SMILES string of the molecule is COCCOc1ncccc1C(=O)NCCN1C(=O)S/C(=C/c2ccc(Cl)cc2)C1=O. The lowest BCUT2D eigenvalue weighted by molar-refractivity contribution is -0.122. The van der Waals surface area contributed by atoms with Crippen molar-refractivity contribution in [1.29, 1.82) is 0 Å². The molecule has 0 spiro atoms. The standard InChI is InChI=1S/C21H20ClN3O5S/c1-29-11-12-30-19-16(3-2-8-24-19)18(26)23-9-10-25-20(27)17(31-21(25)28)13-14-4-6-15(22)7-5-14/h2-8,13H,9-12H2,1H3,(H,23,26)/b17-13+. The summed E-state index contributed by atoms with van der Waals surface area (Å²) in [5, 5.41) is 2.89. The minimum atomic E-state index is -0.413. The van der Waals surface area contributed by atoms with Gasteiger partial charge in [0.2, 0.25) is 5.88 Å². The van der Waals surface area contributed by atoms with Gasteiger partial charge >= 0.3 is 0 Å². The van der Waals surface area contributed by atoms with Gasteiger partial charge in [0.05, 0.1) is 11.5 Å². The van der Waals surface area contributed by atoms with E-state index >= 15 is 0 Å². The number of hydrogen-bond donors (Lipinski definition) is 1. The molecule has 2 aromatic rings. The number of rotatable bonds is 9. The van der Waals surface area contributed by atoms with Crippen LogP contribution < -0.4 is 10.1 Å². The number of hydrogen-bond acceptors (Lipinski definition) is 7. The van der Waals surface area contributed by atoms with Crippen molar-refractivity contribution in [3.05, 3.63) is 63.6 Å². The topological polar surface area (TPSA) is 97.8 Å². The Morgan fingerprint density at radius 3 is 2.74 bits per heavy atom. The predicted octanol–water partition coefficient (Wildman–Crippen LogP) is 3.23. The fourth-order valence-electron chi connectivity index (χ4n) is 2.68. The molecule has 0 aliphatic carbocycles. The van der Waals surface area contributed by atoms with E-state index in [9.17, 15) is 14.4 Å². The number of halogens is 1. The number of nitrogens with one attached hydrogen (secondary N) is 1. The van der Waals surface area contributed by atoms with Crippen LogP contribution in [0.3, 0.4) is 0 Å². The highest BCUT2D eigenvalue weighted by Crippen LogP contribution is 2.32. The highest BCUT2D eigenvalue weighted by atomic mass is 35.5. The molecule has 0 bridgehead atoms. The Kier molecular flexibility index (Phi) is 8.05. The van der Waals surface area contributed by atoms with Gasteiger partial charge in [-0.15, -0.1) is 0 Å². The average molecular weight is 462 g/mol. The van der Waals surface area contributed by atoms with Gasteiger partial charge in [-0.2, -0.15) is 0 Å². The van der Waals surface area contributed by atoms with Gasteiger partial charge in [-0.25, -0.2) is 4.98 Å². The maximum atomic E-state index is 12.6. The summed E-state index contributed by atoms with van der Waals surface area (Å²) in [5.41, 5.74) is 1.02. The number of pyridine rings is 1. The Bertz CT molecular complexity index is 997. The van der Waals surface area contributed by atoms with Crippen LogP contribution >= 0.6 is 23.4 Å². The molecular formula is C21H20ClN3O5S. The van der Waals surface area contributed by atoms with Crippen LogP contribution in [0, 0.1) is 0 Å². The van der Waals surface area contributed by atoms with Gasteiger partial charge in [-0.05, 0) is 47.7 Å². The van der Waals surface area contributed by atoms with Gasteiger partial charge in [0.15, 0.2) is 0 Å². The van der Waals surface area contributed by atoms with Gasteiger partial charge in [-0.1, -0.05) is 23.7 Å². The highest BCUT2D eigenvalue weighted by molar-refractivity contribution is 8.18. The van der Waals surface area contributed by atoms with Crippen LogP contribution in [0.4, 0.5) is 4.79 Å². The van der Waals surface area contributed by atoms with E-state index in [0.717, 1.165) is 22.2 Å². The molecule has 10 heteroatoms. The second-order valence-electron chi connectivity index (χ2n) is 6.34. The molecule has 162 valence electrons. The number of amides is 3. The Morgan fingerprint density at radius 1 is 1.23 bits per heavy atom. The number of thioether (sulfide) groups is 1. The normalized spacial score (nSPS) is 14.9. The largest absolute Gasteiger partial charge is 0.475 e. The van der Waals surface area contributed by atoms with E-state index in [1.54, 1.807) is 49.6 Å². The zero-order valence-electron chi connectivity index (χ0n) is 16.7. The number of carbonyl (C=O) groups excluding carboxylic acids is 3. The molecule has 1 aromatic heterocycles. The van der Waals surface area contributed by atoms with Crippen molar-refractivity contribution >= 4 is 46.5 Å². The summed E-state index contributed by atoms with van der Waals surface area (Å²) in [4.78, 5) is 42.8. The number of carbonyl (C=O) groups is 3. The minimum Gasteiger partial charge on any atom is -0.475 e. The van der Waals surface area contributed by atoms with Gasteiger partial charge in [-0.3, -0.25) is 19.3 Å². The summed E-state index contributed by atoms with van der Waals surface area (Å²) in [7, 11) is 1.55. The lowest BCUT2D eigenvalue weighted by Crippen LogP contribution is -2.37. The van der Waals surface area contributed by atoms with Crippen LogP contribution in [0.5, 0.6) is 5.88 Å². The van der Waals surface area contributed by atoms with Gasteiger partial charge in [0.25, 0.3) is 17.1 Å². The first kappa shape index (κ1) is 22.8. The molecule has 0 saturated carbocycles. The maximum absolute atomic E-state index is 12.6. The van der Waals surface area contributed by atoms with Crippen molar-refractivity contribution in [3.8, 4) is 5.88 Å². The molecule has 1 aliphatic heterocycles. The first-order valence-corrected chi connectivity index (χ1v) is 10.5. The molecule has 1 fully saturated rings. The monoisotopic (exact) mass is 461 g/mol. The molecule has 3 rings (SSSR count). The summed E-state index contributed by atoms with van der Waals surface area (Å²) in [6.45, 7) is 0.761. The Balaban J connectivity index is 1.57. The number of aromatic nitrogens is 1. The Morgan fingerprint density at radius 2 is 2.00 bits per heavy atom. The lowest BCUT2D eigenvalue weighted by Gasteiger charge is -2.14. The summed E-state index contributed by atoms with van der Waals surface area (Å²) >= 11 is 6.73. The third-order valence-corrected chi connectivity index (χ3v) is 5.36. The summed E-state index contributed by atoms with van der Waals surface area (Å²) in [6, 6.07) is 10.1. The first-order valence-electron chi connectivity index (χ1n) is 9.35. The highest BCUT2D eigenvalue weighted by Gasteiger charge is 2.34. The smallest absolute Gasteiger partial charge is 0.293 e. The van der Waals surface area contributed by atoms with Crippen molar-refractivity contribution in [2.75, 3.05) is 33.4 Å². The van der Waals surface area contributed by atoms with Gasteiger partial charge in [0, 0.05) is 31.4 Å². The molecule has 1 aliphatic rings. The maximum Gasteiger partial charge on any atom is 0.293 e. The molecule has 3 amide bonds. The average Bonchev–Trinajstić information content (AvgIpc) is 3.03. The fourth-order valence-corrected chi connectivity index (χ4v) is 3.67. The van der Waals surface area contributed by atoms with Crippen molar-refractivity contribution < 1.29 is 23.9 Å². The van der Waals surface area contributed by atoms with E-state index in [1.807, 2.05) is 0 Å². The molecule has 1 saturated heterocycles. The Hall–Kier alpha value is -2.88. The number of methoxy groups -OCH3 is 1.